The predicted octanol–water partition coefficient (Wildman–Crippen LogP) is 0.771. The second-order valence-corrected chi connectivity index (χ2v) is 7.67. The normalized spacial score (nSPS) is 26.1. The van der Waals surface area contributed by atoms with Gasteiger partial charge in [-0.3, -0.25) is 4.18 Å². The standard InChI is InChI=1S/C12H23NO6S/c1-5-6-18-20(16,17)8-12(7-9(12)14)13-10(15)19-11(2,3)4/h9,14H,5-8H2,1-4H3,(H,13,15)/t9-,12?/m1/s1. The van der Waals surface area contributed by atoms with Gasteiger partial charge in [0.05, 0.1) is 18.2 Å². The van der Waals surface area contributed by atoms with E-state index in [1.807, 2.05) is 0 Å². The van der Waals surface area contributed by atoms with Gasteiger partial charge in [0.2, 0.25) is 0 Å². The number of amides is 1. The van der Waals surface area contributed by atoms with Gasteiger partial charge in [0.1, 0.15) is 11.4 Å². The lowest BCUT2D eigenvalue weighted by molar-refractivity contribution is 0.0485. The maximum absolute atomic E-state index is 11.7. The minimum atomic E-state index is -3.79. The van der Waals surface area contributed by atoms with E-state index in [0.29, 0.717) is 6.42 Å². The molecule has 0 radical (unpaired) electrons. The summed E-state index contributed by atoms with van der Waals surface area (Å²) >= 11 is 0. The van der Waals surface area contributed by atoms with Crippen LogP contribution in [0.25, 0.3) is 0 Å². The van der Waals surface area contributed by atoms with Crippen molar-refractivity contribution in [1.29, 1.82) is 0 Å². The fourth-order valence-electron chi connectivity index (χ4n) is 1.69. The van der Waals surface area contributed by atoms with E-state index in [-0.39, 0.29) is 13.0 Å². The average molecular weight is 309 g/mol. The molecule has 1 aliphatic rings. The highest BCUT2D eigenvalue weighted by molar-refractivity contribution is 7.86. The first-order valence-electron chi connectivity index (χ1n) is 6.56. The Kier molecular flexibility index (Phi) is 5.04. The quantitative estimate of drug-likeness (QED) is 0.703. The average Bonchev–Trinajstić information content (AvgIpc) is 2.80. The minimum absolute atomic E-state index is 0.0843. The van der Waals surface area contributed by atoms with E-state index >= 15 is 0 Å². The Morgan fingerprint density at radius 3 is 2.40 bits per heavy atom. The molecule has 0 spiro atoms. The zero-order chi connectivity index (χ0) is 15.6. The summed E-state index contributed by atoms with van der Waals surface area (Å²) in [4.78, 5) is 11.7. The molecule has 0 aromatic rings. The molecule has 8 heteroatoms. The zero-order valence-electron chi connectivity index (χ0n) is 12.3. The minimum Gasteiger partial charge on any atom is -0.444 e. The largest absolute Gasteiger partial charge is 0.444 e. The molecular formula is C12H23NO6S. The maximum Gasteiger partial charge on any atom is 0.408 e. The number of nitrogens with one attached hydrogen (secondary N) is 1. The number of ether oxygens (including phenoxy) is 1. The number of alkyl carbamates (subject to hydrolysis) is 1. The van der Waals surface area contributed by atoms with Crippen molar-refractivity contribution in [2.75, 3.05) is 12.4 Å². The molecule has 0 aromatic heterocycles. The topological polar surface area (TPSA) is 102 Å². The number of carbonyl (C=O) groups is 1. The van der Waals surface area contributed by atoms with Gasteiger partial charge in [-0.15, -0.1) is 0 Å². The van der Waals surface area contributed by atoms with Gasteiger partial charge in [-0.1, -0.05) is 6.92 Å². The third-order valence-corrected chi connectivity index (χ3v) is 4.08. The van der Waals surface area contributed by atoms with Crippen molar-refractivity contribution in [2.45, 2.75) is 57.8 Å². The van der Waals surface area contributed by atoms with Crippen LogP contribution < -0.4 is 5.32 Å². The third kappa shape index (κ3) is 5.26. The van der Waals surface area contributed by atoms with Gasteiger partial charge < -0.3 is 15.2 Å². The molecule has 0 bridgehead atoms. The second kappa shape index (κ2) is 5.87. The Hall–Kier alpha value is -0.860. The Balaban J connectivity index is 2.63. The van der Waals surface area contributed by atoms with E-state index in [1.54, 1.807) is 27.7 Å². The van der Waals surface area contributed by atoms with Crippen LogP contribution in [0.15, 0.2) is 0 Å². The van der Waals surface area contributed by atoms with E-state index in [9.17, 15) is 18.3 Å². The fourth-order valence-corrected chi connectivity index (χ4v) is 3.20. The van der Waals surface area contributed by atoms with E-state index in [1.165, 1.54) is 0 Å². The van der Waals surface area contributed by atoms with Crippen molar-refractivity contribution in [3.05, 3.63) is 0 Å². The van der Waals surface area contributed by atoms with E-state index in [4.69, 9.17) is 8.92 Å². The Morgan fingerprint density at radius 2 is 2.00 bits per heavy atom. The Labute approximate surface area is 119 Å². The monoisotopic (exact) mass is 309 g/mol. The van der Waals surface area contributed by atoms with E-state index in [2.05, 4.69) is 5.32 Å². The molecule has 1 fully saturated rings. The summed E-state index contributed by atoms with van der Waals surface area (Å²) in [6.45, 7) is 6.97. The van der Waals surface area contributed by atoms with Crippen LogP contribution in [0.4, 0.5) is 4.79 Å². The summed E-state index contributed by atoms with van der Waals surface area (Å²) < 4.78 is 33.3. The van der Waals surface area contributed by atoms with Crippen LogP contribution in [0.3, 0.4) is 0 Å². The molecule has 1 aliphatic carbocycles. The van der Waals surface area contributed by atoms with Gasteiger partial charge in [0.15, 0.2) is 0 Å². The maximum atomic E-state index is 11.7. The van der Waals surface area contributed by atoms with Gasteiger partial charge in [-0.25, -0.2) is 4.79 Å². The highest BCUT2D eigenvalue weighted by Gasteiger charge is 2.58. The van der Waals surface area contributed by atoms with Crippen molar-refractivity contribution in [3.8, 4) is 0 Å². The summed E-state index contributed by atoms with van der Waals surface area (Å²) in [5.41, 5.74) is -1.89. The van der Waals surface area contributed by atoms with Gasteiger partial charge >= 0.3 is 6.09 Å². The van der Waals surface area contributed by atoms with Gasteiger partial charge in [-0.05, 0) is 27.2 Å². The van der Waals surface area contributed by atoms with Crippen molar-refractivity contribution in [1.82, 2.24) is 5.32 Å². The molecule has 20 heavy (non-hydrogen) atoms. The molecule has 118 valence electrons. The summed E-state index contributed by atoms with van der Waals surface area (Å²) in [6, 6.07) is 0. The first-order chi connectivity index (χ1) is 9.00. The molecule has 2 N–H and O–H groups in total. The number of carbonyl (C=O) groups excluding carboxylic acids is 1. The molecule has 0 aromatic carbocycles. The van der Waals surface area contributed by atoms with Gasteiger partial charge in [0.25, 0.3) is 10.1 Å². The van der Waals surface area contributed by atoms with Crippen molar-refractivity contribution < 1.29 is 27.2 Å². The van der Waals surface area contributed by atoms with Crippen LogP contribution in [-0.2, 0) is 19.0 Å². The first-order valence-corrected chi connectivity index (χ1v) is 8.14. The van der Waals surface area contributed by atoms with Crippen molar-refractivity contribution >= 4 is 16.2 Å². The molecule has 0 aliphatic heterocycles. The molecule has 7 nitrogen and oxygen atoms in total. The molecule has 0 heterocycles. The number of hydrogen-bond acceptors (Lipinski definition) is 6. The van der Waals surface area contributed by atoms with Gasteiger partial charge in [0, 0.05) is 6.42 Å². The van der Waals surface area contributed by atoms with E-state index < -0.39 is 39.2 Å². The van der Waals surface area contributed by atoms with Crippen LogP contribution in [0, 0.1) is 0 Å². The number of aliphatic hydroxyl groups excluding tert-OH is 1. The highest BCUT2D eigenvalue weighted by Crippen LogP contribution is 2.38. The molecule has 1 saturated carbocycles. The van der Waals surface area contributed by atoms with Gasteiger partial charge in [-0.2, -0.15) is 8.42 Å². The fraction of sp³-hybridized carbons (Fsp3) is 0.917. The lowest BCUT2D eigenvalue weighted by Gasteiger charge is -2.23. The summed E-state index contributed by atoms with van der Waals surface area (Å²) in [6.07, 6.45) is -0.926. The number of aliphatic hydroxyl groups is 1. The molecule has 1 rings (SSSR count). The molecule has 1 unspecified atom stereocenters. The number of rotatable bonds is 6. The predicted molar refractivity (Wildman–Crippen MR) is 72.8 cm³/mol. The SMILES string of the molecule is CCCOS(=O)(=O)CC1(NC(=O)OC(C)(C)C)C[C@H]1O. The van der Waals surface area contributed by atoms with Crippen molar-refractivity contribution in [2.24, 2.45) is 0 Å². The Bertz CT molecular complexity index is 455. The molecule has 1 amide bonds. The first kappa shape index (κ1) is 17.2. The Morgan fingerprint density at radius 1 is 1.45 bits per heavy atom. The molecular weight excluding hydrogens is 286 g/mol. The highest BCUT2D eigenvalue weighted by atomic mass is 32.2. The summed E-state index contributed by atoms with van der Waals surface area (Å²) in [7, 11) is -3.79. The van der Waals surface area contributed by atoms with Crippen LogP contribution in [0.5, 0.6) is 0 Å². The van der Waals surface area contributed by atoms with Crippen LogP contribution in [0.1, 0.15) is 40.5 Å². The second-order valence-electron chi connectivity index (χ2n) is 6.03. The smallest absolute Gasteiger partial charge is 0.408 e. The zero-order valence-corrected chi connectivity index (χ0v) is 13.1. The summed E-state index contributed by atoms with van der Waals surface area (Å²) in [5.74, 6) is -0.458. The van der Waals surface area contributed by atoms with Crippen LogP contribution >= 0.6 is 0 Å². The third-order valence-electron chi connectivity index (χ3n) is 2.69. The number of hydrogen-bond donors (Lipinski definition) is 2. The van der Waals surface area contributed by atoms with Crippen LogP contribution in [-0.4, -0.2) is 49.2 Å². The van der Waals surface area contributed by atoms with E-state index in [0.717, 1.165) is 0 Å². The lowest BCUT2D eigenvalue weighted by atomic mass is 10.2. The van der Waals surface area contributed by atoms with Crippen LogP contribution in [0.2, 0.25) is 0 Å². The molecule has 0 saturated heterocycles. The summed E-state index contributed by atoms with van der Waals surface area (Å²) in [5, 5.41) is 12.1. The molecule has 2 atom stereocenters. The van der Waals surface area contributed by atoms with Crippen molar-refractivity contribution in [3.63, 3.8) is 0 Å². The lowest BCUT2D eigenvalue weighted by Crippen LogP contribution is -2.47.